The van der Waals surface area contributed by atoms with E-state index < -0.39 is 5.41 Å². The van der Waals surface area contributed by atoms with Crippen LogP contribution < -0.4 is 4.90 Å². The number of hydrogen-bond donors (Lipinski definition) is 0. The summed E-state index contributed by atoms with van der Waals surface area (Å²) >= 11 is 0. The Balaban J connectivity index is 1.25. The van der Waals surface area contributed by atoms with Gasteiger partial charge in [-0.25, -0.2) is 0 Å². The Labute approximate surface area is 294 Å². The molecule has 0 radical (unpaired) electrons. The van der Waals surface area contributed by atoms with Gasteiger partial charge in [-0.2, -0.15) is 0 Å². The Morgan fingerprint density at radius 2 is 1.18 bits per heavy atom. The van der Waals surface area contributed by atoms with E-state index in [1.807, 2.05) is 42.9 Å². The molecule has 1 aliphatic carbocycles. The smallest absolute Gasteiger partial charge is 0.148 e. The van der Waals surface area contributed by atoms with Crippen molar-refractivity contribution in [2.75, 3.05) is 4.90 Å². The molecule has 0 N–H and O–H groups in total. The second-order valence-corrected chi connectivity index (χ2v) is 13.2. The molecule has 0 atom stereocenters. The van der Waals surface area contributed by atoms with Gasteiger partial charge in [0.15, 0.2) is 0 Å². The summed E-state index contributed by atoms with van der Waals surface area (Å²) in [4.78, 5) is 17.1. The summed E-state index contributed by atoms with van der Waals surface area (Å²) in [6, 6.07) is 53.5. The van der Waals surface area contributed by atoms with Gasteiger partial charge in [0.05, 0.1) is 28.3 Å². The van der Waals surface area contributed by atoms with Gasteiger partial charge in [0.1, 0.15) is 16.8 Å². The standard InChI is InChI=1S/C46H28N4O/c1-2-12-29(13-3-1)31-25-32(33-24-30-14-4-7-19-39(30)49-28-33)27-34(26-31)50-40-20-8-6-16-36(40)46(45-44(50)35-15-5-9-21-41(35)51-45)37-17-10-22-47-42(37)43-38(46)18-11-23-48-43/h1-28H. The topological polar surface area (TPSA) is 55.1 Å². The van der Waals surface area contributed by atoms with Crippen LogP contribution in [0.3, 0.4) is 0 Å². The summed E-state index contributed by atoms with van der Waals surface area (Å²) < 4.78 is 7.12. The molecule has 2 aliphatic rings. The van der Waals surface area contributed by atoms with Crippen LogP contribution in [0, 0.1) is 0 Å². The zero-order valence-corrected chi connectivity index (χ0v) is 27.4. The van der Waals surface area contributed by atoms with Crippen molar-refractivity contribution in [3.8, 4) is 33.6 Å². The molecule has 5 aromatic carbocycles. The average Bonchev–Trinajstić information content (AvgIpc) is 3.73. The molecule has 11 rings (SSSR count). The van der Waals surface area contributed by atoms with Crippen molar-refractivity contribution in [3.63, 3.8) is 0 Å². The van der Waals surface area contributed by atoms with Crippen molar-refractivity contribution in [2.45, 2.75) is 5.41 Å². The van der Waals surface area contributed by atoms with Crippen LogP contribution in [0.2, 0.25) is 0 Å². The number of nitrogens with zero attached hydrogens (tertiary/aromatic N) is 4. The molecule has 0 bridgehead atoms. The van der Waals surface area contributed by atoms with Crippen LogP contribution in [0.4, 0.5) is 17.1 Å². The van der Waals surface area contributed by atoms with E-state index in [-0.39, 0.29) is 0 Å². The largest absolute Gasteiger partial charge is 0.457 e. The molecule has 238 valence electrons. The van der Waals surface area contributed by atoms with Gasteiger partial charge in [-0.3, -0.25) is 15.0 Å². The number of anilines is 3. The lowest BCUT2D eigenvalue weighted by Crippen LogP contribution is -2.35. The van der Waals surface area contributed by atoms with Crippen molar-refractivity contribution in [2.24, 2.45) is 0 Å². The monoisotopic (exact) mass is 652 g/mol. The first-order valence-electron chi connectivity index (χ1n) is 17.2. The normalized spacial score (nSPS) is 13.6. The summed E-state index contributed by atoms with van der Waals surface area (Å²) in [5.74, 6) is 0.863. The number of hydrogen-bond acceptors (Lipinski definition) is 5. The highest BCUT2D eigenvalue weighted by atomic mass is 16.3. The second-order valence-electron chi connectivity index (χ2n) is 13.2. The fourth-order valence-corrected chi connectivity index (χ4v) is 8.41. The van der Waals surface area contributed by atoms with Crippen LogP contribution in [0.1, 0.15) is 22.5 Å². The molecule has 1 aliphatic heterocycles. The highest BCUT2D eigenvalue weighted by Gasteiger charge is 2.56. The first-order valence-corrected chi connectivity index (χ1v) is 17.2. The molecule has 5 heterocycles. The molecule has 0 fully saturated rings. The summed E-state index contributed by atoms with van der Waals surface area (Å²) in [5.41, 5.74) is 13.6. The molecule has 0 saturated heterocycles. The van der Waals surface area contributed by atoms with E-state index in [2.05, 4.69) is 132 Å². The molecule has 0 saturated carbocycles. The van der Waals surface area contributed by atoms with Gasteiger partial charge in [-0.05, 0) is 82.9 Å². The predicted molar refractivity (Wildman–Crippen MR) is 204 cm³/mol. The molecule has 0 unspecified atom stereocenters. The number of fused-ring (bicyclic) bond motifs is 12. The first kappa shape index (κ1) is 28.0. The summed E-state index contributed by atoms with van der Waals surface area (Å²) in [6.45, 7) is 0. The van der Waals surface area contributed by atoms with Crippen molar-refractivity contribution >= 4 is 38.9 Å². The van der Waals surface area contributed by atoms with Gasteiger partial charge in [0, 0.05) is 51.7 Å². The predicted octanol–water partition coefficient (Wildman–Crippen LogP) is 11.3. The molecule has 9 aromatic rings. The zero-order valence-electron chi connectivity index (χ0n) is 27.4. The number of rotatable bonds is 3. The summed E-state index contributed by atoms with van der Waals surface area (Å²) in [5, 5.41) is 2.15. The number of furan rings is 1. The lowest BCUT2D eigenvalue weighted by atomic mass is 9.68. The number of para-hydroxylation sites is 3. The van der Waals surface area contributed by atoms with Crippen LogP contribution in [-0.4, -0.2) is 15.0 Å². The minimum atomic E-state index is -0.753. The van der Waals surface area contributed by atoms with E-state index in [0.29, 0.717) is 0 Å². The van der Waals surface area contributed by atoms with E-state index in [9.17, 15) is 0 Å². The maximum atomic E-state index is 7.12. The number of benzene rings is 5. The molecule has 51 heavy (non-hydrogen) atoms. The van der Waals surface area contributed by atoms with E-state index in [1.54, 1.807) is 0 Å². The highest BCUT2D eigenvalue weighted by molar-refractivity contribution is 6.05. The fraction of sp³-hybridized carbons (Fsp3) is 0.0217. The summed E-state index contributed by atoms with van der Waals surface area (Å²) in [7, 11) is 0. The molecule has 5 heteroatoms. The van der Waals surface area contributed by atoms with E-state index >= 15 is 0 Å². The van der Waals surface area contributed by atoms with Crippen LogP contribution in [0.5, 0.6) is 0 Å². The van der Waals surface area contributed by atoms with Crippen molar-refractivity contribution < 1.29 is 4.42 Å². The van der Waals surface area contributed by atoms with Crippen molar-refractivity contribution in [1.29, 1.82) is 0 Å². The number of pyridine rings is 3. The lowest BCUT2D eigenvalue weighted by molar-refractivity contribution is 0.493. The minimum Gasteiger partial charge on any atom is -0.457 e. The van der Waals surface area contributed by atoms with Crippen LogP contribution in [-0.2, 0) is 5.41 Å². The molecular weight excluding hydrogens is 625 g/mol. The second kappa shape index (κ2) is 10.6. The Hall–Kier alpha value is -6.85. The Morgan fingerprint density at radius 1 is 0.510 bits per heavy atom. The Kier molecular flexibility index (Phi) is 5.81. The third-order valence-corrected chi connectivity index (χ3v) is 10.5. The molecular formula is C46H28N4O. The van der Waals surface area contributed by atoms with Crippen molar-refractivity contribution in [1.82, 2.24) is 15.0 Å². The first-order chi connectivity index (χ1) is 25.3. The SMILES string of the molecule is c1ccc(-c2cc(-c3cnc4ccccc4c3)cc(N3c4ccccc4C4(c5cccnc5-c5ncccc54)c4oc5ccccc5c43)c2)cc1. The van der Waals surface area contributed by atoms with E-state index in [4.69, 9.17) is 19.4 Å². The van der Waals surface area contributed by atoms with Crippen LogP contribution in [0.25, 0.3) is 55.5 Å². The minimum absolute atomic E-state index is 0.753. The molecule has 1 spiro atoms. The van der Waals surface area contributed by atoms with Gasteiger partial charge >= 0.3 is 0 Å². The Bertz CT molecular complexity index is 2790. The van der Waals surface area contributed by atoms with Gasteiger partial charge in [0.2, 0.25) is 0 Å². The van der Waals surface area contributed by atoms with E-state index in [1.165, 1.54) is 0 Å². The van der Waals surface area contributed by atoms with Gasteiger partial charge < -0.3 is 9.32 Å². The van der Waals surface area contributed by atoms with Crippen LogP contribution >= 0.6 is 0 Å². The maximum Gasteiger partial charge on any atom is 0.148 e. The lowest BCUT2D eigenvalue weighted by Gasteiger charge is -2.42. The highest BCUT2D eigenvalue weighted by Crippen LogP contribution is 2.64. The van der Waals surface area contributed by atoms with Crippen molar-refractivity contribution in [3.05, 3.63) is 193 Å². The maximum absolute atomic E-state index is 7.12. The quantitative estimate of drug-likeness (QED) is 0.190. The average molecular weight is 653 g/mol. The van der Waals surface area contributed by atoms with Gasteiger partial charge in [-0.1, -0.05) is 91.0 Å². The molecule has 5 nitrogen and oxygen atoms in total. The summed E-state index contributed by atoms with van der Waals surface area (Å²) in [6.07, 6.45) is 5.70. The Morgan fingerprint density at radius 3 is 2.00 bits per heavy atom. The fourth-order valence-electron chi connectivity index (χ4n) is 8.41. The zero-order chi connectivity index (χ0) is 33.5. The third-order valence-electron chi connectivity index (χ3n) is 10.5. The third kappa shape index (κ3) is 3.88. The molecule has 4 aromatic heterocycles. The van der Waals surface area contributed by atoms with E-state index in [0.717, 1.165) is 95.0 Å². The molecule has 0 amide bonds. The number of aromatic nitrogens is 3. The van der Waals surface area contributed by atoms with Crippen LogP contribution in [0.15, 0.2) is 175 Å². The van der Waals surface area contributed by atoms with Gasteiger partial charge in [0.25, 0.3) is 0 Å². The van der Waals surface area contributed by atoms with Gasteiger partial charge in [-0.15, -0.1) is 0 Å².